The third-order valence-electron chi connectivity index (χ3n) is 3.00. The SMILES string of the molecule is COc1cccc(Cc2nc3ccc(Cl)cc3[nH]2)c1. The van der Waals surface area contributed by atoms with Crippen LogP contribution in [-0.2, 0) is 6.42 Å². The van der Waals surface area contributed by atoms with Gasteiger partial charge in [0.05, 0.1) is 18.1 Å². The zero-order chi connectivity index (χ0) is 13.2. The van der Waals surface area contributed by atoms with Gasteiger partial charge in [-0.05, 0) is 35.9 Å². The van der Waals surface area contributed by atoms with E-state index in [9.17, 15) is 0 Å². The van der Waals surface area contributed by atoms with Crippen molar-refractivity contribution in [3.05, 3.63) is 58.9 Å². The van der Waals surface area contributed by atoms with Crippen LogP contribution in [0.25, 0.3) is 11.0 Å². The van der Waals surface area contributed by atoms with Crippen molar-refractivity contribution in [1.29, 1.82) is 0 Å². The fourth-order valence-electron chi connectivity index (χ4n) is 2.09. The third-order valence-corrected chi connectivity index (χ3v) is 3.23. The van der Waals surface area contributed by atoms with Crippen molar-refractivity contribution in [3.8, 4) is 5.75 Å². The van der Waals surface area contributed by atoms with E-state index in [1.807, 2.05) is 36.4 Å². The number of ether oxygens (including phenoxy) is 1. The number of fused-ring (bicyclic) bond motifs is 1. The van der Waals surface area contributed by atoms with Gasteiger partial charge < -0.3 is 9.72 Å². The summed E-state index contributed by atoms with van der Waals surface area (Å²) >= 11 is 5.96. The van der Waals surface area contributed by atoms with Crippen LogP contribution in [0.1, 0.15) is 11.4 Å². The summed E-state index contributed by atoms with van der Waals surface area (Å²) in [4.78, 5) is 7.84. The molecular weight excluding hydrogens is 260 g/mol. The number of hydrogen-bond acceptors (Lipinski definition) is 2. The summed E-state index contributed by atoms with van der Waals surface area (Å²) < 4.78 is 5.22. The molecule has 0 spiro atoms. The molecule has 4 heteroatoms. The lowest BCUT2D eigenvalue weighted by atomic mass is 10.1. The first-order valence-corrected chi connectivity index (χ1v) is 6.39. The summed E-state index contributed by atoms with van der Waals surface area (Å²) in [5, 5.41) is 0.712. The van der Waals surface area contributed by atoms with Crippen molar-refractivity contribution in [2.75, 3.05) is 7.11 Å². The van der Waals surface area contributed by atoms with Crippen molar-refractivity contribution in [2.24, 2.45) is 0 Å². The number of aromatic nitrogens is 2. The van der Waals surface area contributed by atoms with Gasteiger partial charge in [-0.2, -0.15) is 0 Å². The van der Waals surface area contributed by atoms with E-state index in [0.29, 0.717) is 5.02 Å². The van der Waals surface area contributed by atoms with Gasteiger partial charge in [-0.25, -0.2) is 4.98 Å². The predicted octanol–water partition coefficient (Wildman–Crippen LogP) is 3.82. The predicted molar refractivity (Wildman–Crippen MR) is 76.9 cm³/mol. The zero-order valence-electron chi connectivity index (χ0n) is 10.5. The molecular formula is C15H13ClN2O. The maximum absolute atomic E-state index is 5.96. The molecule has 0 bridgehead atoms. The molecule has 96 valence electrons. The fraction of sp³-hybridized carbons (Fsp3) is 0.133. The van der Waals surface area contributed by atoms with Gasteiger partial charge in [0.2, 0.25) is 0 Å². The number of H-pyrrole nitrogens is 1. The molecule has 0 unspecified atom stereocenters. The molecule has 2 aromatic carbocycles. The van der Waals surface area contributed by atoms with Gasteiger partial charge >= 0.3 is 0 Å². The van der Waals surface area contributed by atoms with E-state index in [2.05, 4.69) is 16.0 Å². The van der Waals surface area contributed by atoms with E-state index in [0.717, 1.165) is 34.6 Å². The van der Waals surface area contributed by atoms with Gasteiger partial charge in [-0.3, -0.25) is 0 Å². The minimum atomic E-state index is 0.712. The van der Waals surface area contributed by atoms with Crippen molar-refractivity contribution in [1.82, 2.24) is 9.97 Å². The first-order valence-electron chi connectivity index (χ1n) is 6.02. The van der Waals surface area contributed by atoms with Crippen molar-refractivity contribution in [3.63, 3.8) is 0 Å². The molecule has 0 aliphatic rings. The zero-order valence-corrected chi connectivity index (χ0v) is 11.2. The summed E-state index contributed by atoms with van der Waals surface area (Å²) in [7, 11) is 1.67. The highest BCUT2D eigenvalue weighted by Gasteiger charge is 2.05. The van der Waals surface area contributed by atoms with E-state index >= 15 is 0 Å². The molecule has 0 radical (unpaired) electrons. The molecule has 0 aliphatic heterocycles. The van der Waals surface area contributed by atoms with Crippen LogP contribution in [0.15, 0.2) is 42.5 Å². The van der Waals surface area contributed by atoms with Crippen LogP contribution < -0.4 is 4.74 Å². The van der Waals surface area contributed by atoms with Crippen LogP contribution in [0.5, 0.6) is 5.75 Å². The van der Waals surface area contributed by atoms with Gasteiger partial charge in [0.1, 0.15) is 11.6 Å². The van der Waals surface area contributed by atoms with Crippen molar-refractivity contribution < 1.29 is 4.74 Å². The van der Waals surface area contributed by atoms with Crippen molar-refractivity contribution in [2.45, 2.75) is 6.42 Å². The van der Waals surface area contributed by atoms with Crippen LogP contribution in [0.4, 0.5) is 0 Å². The smallest absolute Gasteiger partial charge is 0.119 e. The molecule has 1 heterocycles. The minimum absolute atomic E-state index is 0.712. The number of methoxy groups -OCH3 is 1. The number of rotatable bonds is 3. The normalized spacial score (nSPS) is 10.8. The number of nitrogens with zero attached hydrogens (tertiary/aromatic N) is 1. The van der Waals surface area contributed by atoms with Gasteiger partial charge in [0.25, 0.3) is 0 Å². The Morgan fingerprint density at radius 1 is 1.21 bits per heavy atom. The number of aromatic amines is 1. The molecule has 0 saturated heterocycles. The molecule has 3 nitrogen and oxygen atoms in total. The topological polar surface area (TPSA) is 37.9 Å². The molecule has 3 rings (SSSR count). The van der Waals surface area contributed by atoms with E-state index in [1.165, 1.54) is 0 Å². The Hall–Kier alpha value is -2.00. The Labute approximate surface area is 116 Å². The lowest BCUT2D eigenvalue weighted by Gasteiger charge is -2.02. The monoisotopic (exact) mass is 272 g/mol. The molecule has 1 aromatic heterocycles. The van der Waals surface area contributed by atoms with Crippen molar-refractivity contribution >= 4 is 22.6 Å². The Morgan fingerprint density at radius 2 is 2.11 bits per heavy atom. The summed E-state index contributed by atoms with van der Waals surface area (Å²) in [5.41, 5.74) is 3.05. The number of nitrogens with one attached hydrogen (secondary N) is 1. The van der Waals surface area contributed by atoms with E-state index in [4.69, 9.17) is 16.3 Å². The van der Waals surface area contributed by atoms with Gasteiger partial charge in [-0.1, -0.05) is 23.7 Å². The quantitative estimate of drug-likeness (QED) is 0.787. The Balaban J connectivity index is 1.92. The first kappa shape index (κ1) is 12.1. The molecule has 19 heavy (non-hydrogen) atoms. The lowest BCUT2D eigenvalue weighted by molar-refractivity contribution is 0.414. The fourth-order valence-corrected chi connectivity index (χ4v) is 2.27. The maximum Gasteiger partial charge on any atom is 0.119 e. The Morgan fingerprint density at radius 3 is 2.95 bits per heavy atom. The Kier molecular flexibility index (Phi) is 3.13. The van der Waals surface area contributed by atoms with Gasteiger partial charge in [0.15, 0.2) is 0 Å². The molecule has 0 saturated carbocycles. The largest absolute Gasteiger partial charge is 0.497 e. The second kappa shape index (κ2) is 4.94. The van der Waals surface area contributed by atoms with E-state index in [1.54, 1.807) is 7.11 Å². The Bertz CT molecular complexity index is 721. The molecule has 3 aromatic rings. The first-order chi connectivity index (χ1) is 9.24. The van der Waals surface area contributed by atoms with Crippen LogP contribution in [0, 0.1) is 0 Å². The van der Waals surface area contributed by atoms with Crippen LogP contribution in [0.3, 0.4) is 0 Å². The number of imidazole rings is 1. The third kappa shape index (κ3) is 2.56. The standard InChI is InChI=1S/C15H13ClN2O/c1-19-12-4-2-3-10(7-12)8-15-17-13-6-5-11(16)9-14(13)18-15/h2-7,9H,8H2,1H3,(H,17,18). The average molecular weight is 273 g/mol. The molecule has 0 fully saturated rings. The second-order valence-corrected chi connectivity index (χ2v) is 4.81. The number of halogens is 1. The summed E-state index contributed by atoms with van der Waals surface area (Å²) in [6.45, 7) is 0. The summed E-state index contributed by atoms with van der Waals surface area (Å²) in [6.07, 6.45) is 0.740. The number of hydrogen-bond donors (Lipinski definition) is 1. The van der Waals surface area contributed by atoms with Gasteiger partial charge in [-0.15, -0.1) is 0 Å². The van der Waals surface area contributed by atoms with E-state index in [-0.39, 0.29) is 0 Å². The molecule has 1 N–H and O–H groups in total. The summed E-state index contributed by atoms with van der Waals surface area (Å²) in [6, 6.07) is 13.6. The minimum Gasteiger partial charge on any atom is -0.497 e. The van der Waals surface area contributed by atoms with Crippen LogP contribution >= 0.6 is 11.6 Å². The highest BCUT2D eigenvalue weighted by atomic mass is 35.5. The lowest BCUT2D eigenvalue weighted by Crippen LogP contribution is -1.91. The second-order valence-electron chi connectivity index (χ2n) is 4.37. The highest BCUT2D eigenvalue weighted by molar-refractivity contribution is 6.31. The van der Waals surface area contributed by atoms with Crippen LogP contribution in [-0.4, -0.2) is 17.1 Å². The summed E-state index contributed by atoms with van der Waals surface area (Å²) in [5.74, 6) is 1.78. The number of benzene rings is 2. The maximum atomic E-state index is 5.96. The van der Waals surface area contributed by atoms with E-state index < -0.39 is 0 Å². The molecule has 0 amide bonds. The average Bonchev–Trinajstić information content (AvgIpc) is 2.80. The van der Waals surface area contributed by atoms with Gasteiger partial charge in [0, 0.05) is 11.4 Å². The molecule has 0 atom stereocenters. The van der Waals surface area contributed by atoms with Crippen LogP contribution in [0.2, 0.25) is 5.02 Å². The molecule has 0 aliphatic carbocycles. The highest BCUT2D eigenvalue weighted by Crippen LogP contribution is 2.19.